The van der Waals surface area contributed by atoms with E-state index in [0.29, 0.717) is 17.3 Å². The number of benzene rings is 2. The molecule has 3 aromatic rings. The summed E-state index contributed by atoms with van der Waals surface area (Å²) in [6, 6.07) is 22.6. The Balaban J connectivity index is 1.71. The second-order valence-electron chi connectivity index (χ2n) is 5.53. The van der Waals surface area contributed by atoms with Gasteiger partial charge in [-0.25, -0.2) is 4.79 Å². The number of aromatic nitrogens is 1. The first kappa shape index (κ1) is 17.0. The lowest BCUT2D eigenvalue weighted by atomic mass is 9.95. The summed E-state index contributed by atoms with van der Waals surface area (Å²) in [4.78, 5) is 16.7. The molecule has 0 bridgehead atoms. The average molecular weight is 352 g/mol. The maximum Gasteiger partial charge on any atom is 0.319 e. The molecule has 0 aliphatic rings. The number of anilines is 1. The lowest BCUT2D eigenvalue weighted by Crippen LogP contribution is -2.33. The Labute approximate surface area is 151 Å². The number of urea groups is 1. The van der Waals surface area contributed by atoms with E-state index in [1.54, 1.807) is 18.3 Å². The van der Waals surface area contributed by atoms with Crippen LogP contribution in [0, 0.1) is 0 Å². The summed E-state index contributed by atoms with van der Waals surface area (Å²) in [5.74, 6) is -0.0283. The molecule has 0 saturated carbocycles. The highest BCUT2D eigenvalue weighted by Gasteiger charge is 2.16. The lowest BCUT2D eigenvalue weighted by molar-refractivity contribution is 0.252. The van der Waals surface area contributed by atoms with Crippen molar-refractivity contribution in [3.05, 3.63) is 95.3 Å². The van der Waals surface area contributed by atoms with Crippen LogP contribution >= 0.6 is 11.6 Å². The SMILES string of the molecule is O=C(NCC(c1ccccc1)c1ccccn1)Nc1ccccc1Cl. The number of nitrogens with zero attached hydrogens (tertiary/aromatic N) is 1. The van der Waals surface area contributed by atoms with Gasteiger partial charge in [0, 0.05) is 24.4 Å². The van der Waals surface area contributed by atoms with Gasteiger partial charge in [-0.2, -0.15) is 0 Å². The number of hydrogen-bond donors (Lipinski definition) is 2. The van der Waals surface area contributed by atoms with Crippen LogP contribution < -0.4 is 10.6 Å². The Morgan fingerprint density at radius 3 is 2.40 bits per heavy atom. The first-order valence-corrected chi connectivity index (χ1v) is 8.37. The van der Waals surface area contributed by atoms with Crippen LogP contribution in [-0.4, -0.2) is 17.6 Å². The predicted octanol–water partition coefficient (Wildman–Crippen LogP) is 4.69. The minimum absolute atomic E-state index is 0.0283. The molecule has 0 radical (unpaired) electrons. The van der Waals surface area contributed by atoms with Crippen LogP contribution in [0.1, 0.15) is 17.2 Å². The fraction of sp³-hybridized carbons (Fsp3) is 0.100. The fourth-order valence-corrected chi connectivity index (χ4v) is 2.77. The van der Waals surface area contributed by atoms with E-state index in [1.807, 2.05) is 60.7 Å². The molecule has 1 aromatic heterocycles. The molecule has 1 unspecified atom stereocenters. The molecule has 2 N–H and O–H groups in total. The topological polar surface area (TPSA) is 54.0 Å². The van der Waals surface area contributed by atoms with Crippen molar-refractivity contribution in [2.24, 2.45) is 0 Å². The summed E-state index contributed by atoms with van der Waals surface area (Å²) in [6.07, 6.45) is 1.76. The molecule has 25 heavy (non-hydrogen) atoms. The number of nitrogens with one attached hydrogen (secondary N) is 2. The molecule has 1 atom stereocenters. The lowest BCUT2D eigenvalue weighted by Gasteiger charge is -2.18. The van der Waals surface area contributed by atoms with Crippen molar-refractivity contribution in [1.29, 1.82) is 0 Å². The fourth-order valence-electron chi connectivity index (χ4n) is 2.58. The van der Waals surface area contributed by atoms with Gasteiger partial charge in [-0.3, -0.25) is 4.98 Å². The zero-order valence-corrected chi connectivity index (χ0v) is 14.3. The molecule has 0 aliphatic carbocycles. The zero-order chi connectivity index (χ0) is 17.5. The van der Waals surface area contributed by atoms with Crippen molar-refractivity contribution in [3.63, 3.8) is 0 Å². The quantitative estimate of drug-likeness (QED) is 0.700. The minimum Gasteiger partial charge on any atom is -0.337 e. The van der Waals surface area contributed by atoms with E-state index in [-0.39, 0.29) is 11.9 Å². The molecule has 126 valence electrons. The largest absolute Gasteiger partial charge is 0.337 e. The molecule has 0 saturated heterocycles. The van der Waals surface area contributed by atoms with Crippen molar-refractivity contribution in [2.75, 3.05) is 11.9 Å². The summed E-state index contributed by atoms with van der Waals surface area (Å²) in [7, 11) is 0. The molecular weight excluding hydrogens is 334 g/mol. The smallest absolute Gasteiger partial charge is 0.319 e. The van der Waals surface area contributed by atoms with Crippen LogP contribution in [0.2, 0.25) is 5.02 Å². The number of amides is 2. The van der Waals surface area contributed by atoms with Gasteiger partial charge >= 0.3 is 6.03 Å². The highest BCUT2D eigenvalue weighted by Crippen LogP contribution is 2.23. The van der Waals surface area contributed by atoms with Crippen molar-refractivity contribution in [2.45, 2.75) is 5.92 Å². The summed E-state index contributed by atoms with van der Waals surface area (Å²) < 4.78 is 0. The van der Waals surface area contributed by atoms with Crippen LogP contribution in [0.3, 0.4) is 0 Å². The van der Waals surface area contributed by atoms with Crippen molar-refractivity contribution < 1.29 is 4.79 Å². The number of carbonyl (C=O) groups excluding carboxylic acids is 1. The van der Waals surface area contributed by atoms with Gasteiger partial charge < -0.3 is 10.6 Å². The van der Waals surface area contributed by atoms with Gasteiger partial charge in [0.25, 0.3) is 0 Å². The number of carbonyl (C=O) groups is 1. The Bertz CT molecular complexity index is 785. The standard InChI is InChI=1S/C20H18ClN3O/c21-17-10-4-5-12-19(17)24-20(25)23-14-16(15-8-2-1-3-9-15)18-11-6-7-13-22-18/h1-13,16H,14H2,(H2,23,24,25). The van der Waals surface area contributed by atoms with Gasteiger partial charge in [-0.05, 0) is 29.8 Å². The van der Waals surface area contributed by atoms with Crippen LogP contribution in [0.4, 0.5) is 10.5 Å². The summed E-state index contributed by atoms with van der Waals surface area (Å²) in [5.41, 5.74) is 2.58. The molecule has 2 amide bonds. The van der Waals surface area contributed by atoms with Crippen LogP contribution in [0.25, 0.3) is 0 Å². The van der Waals surface area contributed by atoms with Crippen LogP contribution in [0.15, 0.2) is 79.0 Å². The highest BCUT2D eigenvalue weighted by atomic mass is 35.5. The molecule has 5 heteroatoms. The van der Waals surface area contributed by atoms with Crippen LogP contribution in [-0.2, 0) is 0 Å². The third-order valence-corrected chi connectivity index (χ3v) is 4.17. The van der Waals surface area contributed by atoms with Gasteiger partial charge in [0.15, 0.2) is 0 Å². The first-order valence-electron chi connectivity index (χ1n) is 7.99. The second kappa shape index (κ2) is 8.31. The van der Waals surface area contributed by atoms with Gasteiger partial charge in [-0.1, -0.05) is 60.1 Å². The summed E-state index contributed by atoms with van der Waals surface area (Å²) in [6.45, 7) is 0.428. The molecule has 0 fully saturated rings. The Kier molecular flexibility index (Phi) is 5.65. The highest BCUT2D eigenvalue weighted by molar-refractivity contribution is 6.33. The number of pyridine rings is 1. The Morgan fingerprint density at radius 2 is 1.68 bits per heavy atom. The van der Waals surface area contributed by atoms with E-state index < -0.39 is 0 Å². The second-order valence-corrected chi connectivity index (χ2v) is 5.94. The Hall–Kier alpha value is -2.85. The van der Waals surface area contributed by atoms with Gasteiger partial charge in [-0.15, -0.1) is 0 Å². The molecule has 0 spiro atoms. The average Bonchev–Trinajstić information content (AvgIpc) is 2.66. The maximum atomic E-state index is 12.2. The summed E-state index contributed by atoms with van der Waals surface area (Å²) in [5, 5.41) is 6.17. The summed E-state index contributed by atoms with van der Waals surface area (Å²) >= 11 is 6.07. The molecule has 3 rings (SSSR count). The van der Waals surface area contributed by atoms with Crippen molar-refractivity contribution in [1.82, 2.24) is 10.3 Å². The Morgan fingerprint density at radius 1 is 0.960 bits per heavy atom. The maximum absolute atomic E-state index is 12.2. The van der Waals surface area contributed by atoms with Crippen molar-refractivity contribution in [3.8, 4) is 0 Å². The molecule has 2 aromatic carbocycles. The van der Waals surface area contributed by atoms with E-state index >= 15 is 0 Å². The van der Waals surface area contributed by atoms with Gasteiger partial charge in [0.05, 0.1) is 10.7 Å². The number of hydrogen-bond acceptors (Lipinski definition) is 2. The van der Waals surface area contributed by atoms with E-state index in [0.717, 1.165) is 11.3 Å². The first-order chi connectivity index (χ1) is 12.2. The zero-order valence-electron chi connectivity index (χ0n) is 13.5. The van der Waals surface area contributed by atoms with E-state index in [9.17, 15) is 4.79 Å². The third kappa shape index (κ3) is 4.58. The molecule has 0 aliphatic heterocycles. The number of rotatable bonds is 5. The van der Waals surface area contributed by atoms with Crippen LogP contribution in [0.5, 0.6) is 0 Å². The normalized spacial score (nSPS) is 11.6. The minimum atomic E-state index is -0.301. The van der Waals surface area contributed by atoms with E-state index in [2.05, 4.69) is 15.6 Å². The number of para-hydroxylation sites is 1. The van der Waals surface area contributed by atoms with E-state index in [4.69, 9.17) is 11.6 Å². The molecule has 4 nitrogen and oxygen atoms in total. The van der Waals surface area contributed by atoms with E-state index in [1.165, 1.54) is 0 Å². The predicted molar refractivity (Wildman–Crippen MR) is 101 cm³/mol. The van der Waals surface area contributed by atoms with Crippen molar-refractivity contribution >= 4 is 23.3 Å². The van der Waals surface area contributed by atoms with Gasteiger partial charge in [0.1, 0.15) is 0 Å². The molecule has 1 heterocycles. The molecular formula is C20H18ClN3O. The monoisotopic (exact) mass is 351 g/mol. The van der Waals surface area contributed by atoms with Gasteiger partial charge in [0.2, 0.25) is 0 Å². The third-order valence-electron chi connectivity index (χ3n) is 3.84. The number of halogens is 1.